The quantitative estimate of drug-likeness (QED) is 0.730. The van der Waals surface area contributed by atoms with Gasteiger partial charge in [-0.05, 0) is 62.2 Å². The molecule has 156 valence electrons. The number of carbonyl (C=O) groups is 3. The molecule has 0 radical (unpaired) electrons. The molecule has 2 aromatic carbocycles. The van der Waals surface area contributed by atoms with Gasteiger partial charge in [0.2, 0.25) is 5.54 Å². The third-order valence-electron chi connectivity index (χ3n) is 6.09. The Balaban J connectivity index is 1.80. The highest BCUT2D eigenvalue weighted by Crippen LogP contribution is 2.39. The van der Waals surface area contributed by atoms with E-state index in [0.717, 1.165) is 5.56 Å². The van der Waals surface area contributed by atoms with Crippen molar-refractivity contribution in [3.63, 3.8) is 0 Å². The number of benzene rings is 2. The van der Waals surface area contributed by atoms with E-state index in [4.69, 9.17) is 4.74 Å². The van der Waals surface area contributed by atoms with Gasteiger partial charge in [-0.25, -0.2) is 0 Å². The Morgan fingerprint density at radius 2 is 1.87 bits per heavy atom. The summed E-state index contributed by atoms with van der Waals surface area (Å²) in [5.74, 6) is -0.407. The van der Waals surface area contributed by atoms with E-state index in [1.165, 1.54) is 14.7 Å². The van der Waals surface area contributed by atoms with Gasteiger partial charge in [0.1, 0.15) is 11.8 Å². The summed E-state index contributed by atoms with van der Waals surface area (Å²) in [6.45, 7) is 3.97. The van der Waals surface area contributed by atoms with Crippen LogP contribution in [0.4, 0.5) is 11.4 Å². The summed E-state index contributed by atoms with van der Waals surface area (Å²) >= 11 is 0. The fraction of sp³-hybridized carbons (Fsp3) is 0.348. The lowest BCUT2D eigenvalue weighted by Gasteiger charge is -2.54. The van der Waals surface area contributed by atoms with Gasteiger partial charge in [0.15, 0.2) is 0 Å². The molecular weight excluding hydrogens is 382 g/mol. The lowest BCUT2D eigenvalue weighted by Crippen LogP contribution is -2.78. The zero-order chi connectivity index (χ0) is 21.6. The van der Waals surface area contributed by atoms with Crippen LogP contribution in [0.15, 0.2) is 48.5 Å². The van der Waals surface area contributed by atoms with E-state index in [0.29, 0.717) is 30.1 Å². The van der Waals surface area contributed by atoms with Crippen LogP contribution < -0.4 is 14.5 Å². The van der Waals surface area contributed by atoms with E-state index >= 15 is 0 Å². The van der Waals surface area contributed by atoms with Crippen LogP contribution in [-0.4, -0.2) is 54.9 Å². The normalized spacial score (nSPS) is 23.0. The predicted molar refractivity (Wildman–Crippen MR) is 114 cm³/mol. The van der Waals surface area contributed by atoms with Gasteiger partial charge in [-0.15, -0.1) is 0 Å². The summed E-state index contributed by atoms with van der Waals surface area (Å²) in [4.78, 5) is 44.9. The number of rotatable bonds is 4. The molecule has 4 rings (SSSR count). The molecule has 7 nitrogen and oxygen atoms in total. The van der Waals surface area contributed by atoms with Crippen LogP contribution in [0.5, 0.6) is 5.75 Å². The van der Waals surface area contributed by atoms with Crippen molar-refractivity contribution in [2.24, 2.45) is 0 Å². The topological polar surface area (TPSA) is 70.2 Å². The van der Waals surface area contributed by atoms with Crippen LogP contribution in [0.1, 0.15) is 18.9 Å². The van der Waals surface area contributed by atoms with Crippen molar-refractivity contribution in [2.75, 3.05) is 30.5 Å². The standard InChI is InChI=1S/C23H25N3O4/c1-15-6-5-7-17(14-15)24(3)21(28)23(2)22(29)25-13-12-19(25)20(27)26(23)16-8-10-18(30-4)11-9-16/h5-11,14,19H,12-13H2,1-4H3. The van der Waals surface area contributed by atoms with E-state index in [1.807, 2.05) is 31.2 Å². The van der Waals surface area contributed by atoms with Crippen molar-refractivity contribution >= 4 is 29.1 Å². The number of anilines is 2. The monoisotopic (exact) mass is 407 g/mol. The van der Waals surface area contributed by atoms with Gasteiger partial charge in [0.25, 0.3) is 17.7 Å². The van der Waals surface area contributed by atoms with E-state index in [9.17, 15) is 14.4 Å². The second-order valence-corrected chi connectivity index (χ2v) is 7.95. The number of aryl methyl sites for hydroxylation is 1. The van der Waals surface area contributed by atoms with E-state index in [1.54, 1.807) is 45.3 Å². The van der Waals surface area contributed by atoms with Crippen molar-refractivity contribution in [3.05, 3.63) is 54.1 Å². The zero-order valence-electron chi connectivity index (χ0n) is 17.6. The first-order chi connectivity index (χ1) is 14.3. The molecule has 0 aromatic heterocycles. The van der Waals surface area contributed by atoms with Crippen LogP contribution >= 0.6 is 0 Å². The minimum absolute atomic E-state index is 0.237. The average Bonchev–Trinajstić information content (AvgIpc) is 2.71. The fourth-order valence-corrected chi connectivity index (χ4v) is 4.22. The van der Waals surface area contributed by atoms with Gasteiger partial charge >= 0.3 is 0 Å². The first kappa shape index (κ1) is 19.9. The molecule has 3 amide bonds. The maximum absolute atomic E-state index is 13.7. The second-order valence-electron chi connectivity index (χ2n) is 7.95. The third-order valence-corrected chi connectivity index (χ3v) is 6.09. The number of hydrogen-bond donors (Lipinski definition) is 0. The Hall–Kier alpha value is -3.35. The van der Waals surface area contributed by atoms with Crippen LogP contribution in [0.2, 0.25) is 0 Å². The van der Waals surface area contributed by atoms with E-state index < -0.39 is 17.5 Å². The van der Waals surface area contributed by atoms with Crippen molar-refractivity contribution in [2.45, 2.75) is 31.8 Å². The van der Waals surface area contributed by atoms with Crippen LogP contribution in [0.3, 0.4) is 0 Å². The Kier molecular flexibility index (Phi) is 4.76. The molecule has 0 aliphatic carbocycles. The number of methoxy groups -OCH3 is 1. The van der Waals surface area contributed by atoms with Gasteiger partial charge in [0, 0.05) is 25.0 Å². The van der Waals surface area contributed by atoms with Crippen molar-refractivity contribution in [3.8, 4) is 5.75 Å². The highest BCUT2D eigenvalue weighted by molar-refractivity contribution is 6.25. The molecule has 2 unspecified atom stereocenters. The van der Waals surface area contributed by atoms with E-state index in [-0.39, 0.29) is 11.8 Å². The molecular formula is C23H25N3O4. The summed E-state index contributed by atoms with van der Waals surface area (Å²) in [6.07, 6.45) is 0.606. The average molecular weight is 407 g/mol. The van der Waals surface area contributed by atoms with Gasteiger partial charge in [0.05, 0.1) is 7.11 Å². The minimum Gasteiger partial charge on any atom is -0.497 e. The SMILES string of the molecule is COc1ccc(N2C(=O)C3CCN3C(=O)C2(C)C(=O)N(C)c2cccc(C)c2)cc1. The minimum atomic E-state index is -1.68. The number of carbonyl (C=O) groups excluding carboxylic acids is 3. The maximum atomic E-state index is 13.7. The first-order valence-corrected chi connectivity index (χ1v) is 9.93. The third kappa shape index (κ3) is 2.84. The molecule has 2 saturated heterocycles. The molecule has 2 atom stereocenters. The summed E-state index contributed by atoms with van der Waals surface area (Å²) in [5, 5.41) is 0. The van der Waals surface area contributed by atoms with Crippen LogP contribution in [0, 0.1) is 6.92 Å². The number of ether oxygens (including phenoxy) is 1. The molecule has 2 heterocycles. The van der Waals surface area contributed by atoms with Gasteiger partial charge < -0.3 is 14.5 Å². The van der Waals surface area contributed by atoms with Gasteiger partial charge in [-0.2, -0.15) is 0 Å². The van der Waals surface area contributed by atoms with Crippen molar-refractivity contribution in [1.29, 1.82) is 0 Å². The van der Waals surface area contributed by atoms with Gasteiger partial charge in [-0.3, -0.25) is 19.3 Å². The maximum Gasteiger partial charge on any atom is 0.262 e. The predicted octanol–water partition coefficient (Wildman–Crippen LogP) is 2.37. The number of nitrogens with zero attached hydrogens (tertiary/aromatic N) is 3. The fourth-order valence-electron chi connectivity index (χ4n) is 4.22. The summed E-state index contributed by atoms with van der Waals surface area (Å²) < 4.78 is 5.21. The Morgan fingerprint density at radius 1 is 1.17 bits per heavy atom. The van der Waals surface area contributed by atoms with Crippen molar-refractivity contribution < 1.29 is 19.1 Å². The number of hydrogen-bond acceptors (Lipinski definition) is 4. The molecule has 2 aliphatic heterocycles. The zero-order valence-corrected chi connectivity index (χ0v) is 17.6. The molecule has 0 N–H and O–H groups in total. The Morgan fingerprint density at radius 3 is 2.43 bits per heavy atom. The van der Waals surface area contributed by atoms with Crippen LogP contribution in [-0.2, 0) is 14.4 Å². The van der Waals surface area contributed by atoms with E-state index in [2.05, 4.69) is 0 Å². The lowest BCUT2D eigenvalue weighted by molar-refractivity contribution is -0.160. The summed E-state index contributed by atoms with van der Waals surface area (Å²) in [7, 11) is 3.19. The highest BCUT2D eigenvalue weighted by atomic mass is 16.5. The number of fused-ring (bicyclic) bond motifs is 1. The molecule has 0 saturated carbocycles. The number of piperazine rings is 1. The molecule has 2 aromatic rings. The smallest absolute Gasteiger partial charge is 0.262 e. The van der Waals surface area contributed by atoms with Crippen molar-refractivity contribution in [1.82, 2.24) is 4.90 Å². The largest absolute Gasteiger partial charge is 0.497 e. The number of amides is 3. The summed E-state index contributed by atoms with van der Waals surface area (Å²) in [5.41, 5.74) is 0.482. The number of likely N-dealkylation sites (N-methyl/N-ethyl adjacent to an activating group) is 1. The molecule has 30 heavy (non-hydrogen) atoms. The highest BCUT2D eigenvalue weighted by Gasteiger charge is 2.61. The molecule has 7 heteroatoms. The molecule has 2 aliphatic rings. The first-order valence-electron chi connectivity index (χ1n) is 9.93. The summed E-state index contributed by atoms with van der Waals surface area (Å²) in [6, 6.07) is 13.8. The van der Waals surface area contributed by atoms with Crippen LogP contribution in [0.25, 0.3) is 0 Å². The second kappa shape index (κ2) is 7.16. The molecule has 2 fully saturated rings. The Bertz CT molecular complexity index is 1020. The van der Waals surface area contributed by atoms with Gasteiger partial charge in [-0.1, -0.05) is 12.1 Å². The molecule has 0 spiro atoms. The molecule has 0 bridgehead atoms. The lowest BCUT2D eigenvalue weighted by atomic mass is 9.84. The Labute approximate surface area is 175 Å².